The second kappa shape index (κ2) is 7.68. The molecule has 0 aromatic carbocycles. The van der Waals surface area contributed by atoms with Crippen LogP contribution in [0.3, 0.4) is 0 Å². The Kier molecular flexibility index (Phi) is 5.66. The molecule has 0 bridgehead atoms. The third kappa shape index (κ3) is 3.39. The van der Waals surface area contributed by atoms with Gasteiger partial charge in [-0.1, -0.05) is 27.7 Å². The summed E-state index contributed by atoms with van der Waals surface area (Å²) in [4.78, 5) is 23.7. The van der Waals surface area contributed by atoms with E-state index in [1.54, 1.807) is 0 Å². The molecule has 0 spiro atoms. The Labute approximate surface area is 177 Å². The molecule has 1 N–H and O–H groups in total. The Bertz CT molecular complexity index is 656. The summed E-state index contributed by atoms with van der Waals surface area (Å²) >= 11 is 0. The van der Waals surface area contributed by atoms with Crippen LogP contribution in [0.25, 0.3) is 0 Å². The van der Waals surface area contributed by atoms with Crippen LogP contribution in [0.4, 0.5) is 0 Å². The molecule has 4 aliphatic rings. The van der Waals surface area contributed by atoms with Gasteiger partial charge < -0.3 is 5.11 Å². The van der Waals surface area contributed by atoms with Gasteiger partial charge in [0.15, 0.2) is 0 Å². The fourth-order valence-corrected chi connectivity index (χ4v) is 9.08. The molecule has 2 unspecified atom stereocenters. The van der Waals surface area contributed by atoms with Crippen molar-refractivity contribution in [2.24, 2.45) is 52.3 Å². The van der Waals surface area contributed by atoms with Gasteiger partial charge in [-0.3, -0.25) is 9.59 Å². The average molecular weight is 403 g/mol. The summed E-state index contributed by atoms with van der Waals surface area (Å²) in [7, 11) is 0. The van der Waals surface area contributed by atoms with E-state index in [1.807, 2.05) is 6.92 Å². The maximum absolute atomic E-state index is 12.1. The molecule has 3 heteroatoms. The molecule has 3 nitrogen and oxygen atoms in total. The van der Waals surface area contributed by atoms with E-state index in [1.165, 1.54) is 38.5 Å². The zero-order valence-corrected chi connectivity index (χ0v) is 19.1. The minimum absolute atomic E-state index is 0.182. The molecule has 164 valence electrons. The molecule has 0 heterocycles. The first-order valence-corrected chi connectivity index (χ1v) is 12.4. The van der Waals surface area contributed by atoms with Crippen LogP contribution >= 0.6 is 0 Å². The van der Waals surface area contributed by atoms with Crippen LogP contribution in [0.1, 0.15) is 98.3 Å². The van der Waals surface area contributed by atoms with Crippen LogP contribution in [-0.2, 0) is 9.59 Å². The summed E-state index contributed by atoms with van der Waals surface area (Å²) in [6.07, 6.45) is 12.2. The van der Waals surface area contributed by atoms with Crippen molar-refractivity contribution in [1.82, 2.24) is 0 Å². The Hall–Kier alpha value is -0.860. The molecule has 4 rings (SSSR count). The fraction of sp³-hybridized carbons (Fsp3) is 0.923. The van der Waals surface area contributed by atoms with E-state index >= 15 is 0 Å². The number of carbonyl (C=O) groups is 2. The Morgan fingerprint density at radius 3 is 2.48 bits per heavy atom. The van der Waals surface area contributed by atoms with Gasteiger partial charge in [0.05, 0.1) is 5.92 Å². The molecule has 4 aliphatic carbocycles. The fourth-order valence-electron chi connectivity index (χ4n) is 9.08. The minimum atomic E-state index is -0.610. The van der Waals surface area contributed by atoms with Crippen molar-refractivity contribution in [2.45, 2.75) is 98.3 Å². The van der Waals surface area contributed by atoms with Gasteiger partial charge in [-0.15, -0.1) is 0 Å². The molecule has 0 radical (unpaired) electrons. The lowest BCUT2D eigenvalue weighted by molar-refractivity contribution is -0.143. The SMILES string of the molecule is CCC(C[C@@H](C)[C@H]1CC[C@H]2[C@@H]3CCC4CC(=O)CC[C@]4(C)[C@H]3CC[C@]12C)C(=O)O. The molecular weight excluding hydrogens is 360 g/mol. The standard InChI is InChI=1S/C26H42O3/c1-5-17(24(28)29)14-16(2)21-8-9-22-20-7-6-18-15-19(27)10-12-25(18,3)23(20)11-13-26(21,22)4/h16-18,20-23H,5-15H2,1-4H3,(H,28,29)/t16-,17?,18?,20+,21-,22+,23+,25+,26-/m1/s1. The number of Topliss-reactive ketones (excluding diaryl/α,β-unsaturated/α-hetero) is 1. The van der Waals surface area contributed by atoms with Gasteiger partial charge in [-0.25, -0.2) is 0 Å². The van der Waals surface area contributed by atoms with E-state index in [-0.39, 0.29) is 5.92 Å². The molecule has 0 aromatic rings. The predicted molar refractivity (Wildman–Crippen MR) is 115 cm³/mol. The lowest BCUT2D eigenvalue weighted by Gasteiger charge is -2.60. The third-order valence-electron chi connectivity index (χ3n) is 10.7. The number of fused-ring (bicyclic) bond motifs is 5. The zero-order valence-electron chi connectivity index (χ0n) is 19.1. The smallest absolute Gasteiger partial charge is 0.306 e. The van der Waals surface area contributed by atoms with Gasteiger partial charge in [0.2, 0.25) is 0 Å². The molecule has 0 saturated heterocycles. The molecule has 4 saturated carbocycles. The van der Waals surface area contributed by atoms with Crippen LogP contribution in [-0.4, -0.2) is 16.9 Å². The first-order chi connectivity index (χ1) is 13.7. The second-order valence-corrected chi connectivity index (χ2v) is 11.8. The van der Waals surface area contributed by atoms with Gasteiger partial charge >= 0.3 is 5.97 Å². The topological polar surface area (TPSA) is 54.4 Å². The maximum Gasteiger partial charge on any atom is 0.306 e. The van der Waals surface area contributed by atoms with Crippen molar-refractivity contribution in [3.05, 3.63) is 0 Å². The van der Waals surface area contributed by atoms with E-state index in [2.05, 4.69) is 20.8 Å². The van der Waals surface area contributed by atoms with Crippen molar-refractivity contribution >= 4 is 11.8 Å². The van der Waals surface area contributed by atoms with E-state index in [0.29, 0.717) is 34.4 Å². The molecule has 0 aromatic heterocycles. The van der Waals surface area contributed by atoms with Crippen molar-refractivity contribution in [1.29, 1.82) is 0 Å². The third-order valence-corrected chi connectivity index (χ3v) is 10.7. The molecule has 29 heavy (non-hydrogen) atoms. The van der Waals surface area contributed by atoms with E-state index < -0.39 is 5.97 Å². The van der Waals surface area contributed by atoms with Crippen molar-refractivity contribution in [3.8, 4) is 0 Å². The first kappa shape index (κ1) is 21.4. The van der Waals surface area contributed by atoms with Crippen molar-refractivity contribution in [2.75, 3.05) is 0 Å². The van der Waals surface area contributed by atoms with E-state index in [9.17, 15) is 14.7 Å². The Morgan fingerprint density at radius 1 is 1.07 bits per heavy atom. The van der Waals surface area contributed by atoms with Crippen LogP contribution in [0.15, 0.2) is 0 Å². The van der Waals surface area contributed by atoms with Gasteiger partial charge in [0, 0.05) is 12.8 Å². The number of ketones is 1. The molecule has 4 fully saturated rings. The molecule has 0 aliphatic heterocycles. The van der Waals surface area contributed by atoms with Crippen molar-refractivity contribution in [3.63, 3.8) is 0 Å². The number of aliphatic carboxylic acids is 1. The molecule has 0 amide bonds. The van der Waals surface area contributed by atoms with E-state index in [0.717, 1.165) is 49.9 Å². The van der Waals surface area contributed by atoms with Gasteiger partial charge in [-0.2, -0.15) is 0 Å². The maximum atomic E-state index is 12.1. The van der Waals surface area contributed by atoms with Crippen LogP contribution in [0.2, 0.25) is 0 Å². The quantitative estimate of drug-likeness (QED) is 0.583. The van der Waals surface area contributed by atoms with Crippen LogP contribution < -0.4 is 0 Å². The number of carboxylic acids is 1. The lowest BCUT2D eigenvalue weighted by atomic mass is 9.44. The van der Waals surface area contributed by atoms with Crippen molar-refractivity contribution < 1.29 is 14.7 Å². The Balaban J connectivity index is 1.51. The summed E-state index contributed by atoms with van der Waals surface area (Å²) in [5, 5.41) is 9.55. The first-order valence-electron chi connectivity index (χ1n) is 12.4. The summed E-state index contributed by atoms with van der Waals surface area (Å²) in [6, 6.07) is 0. The summed E-state index contributed by atoms with van der Waals surface area (Å²) in [5.41, 5.74) is 0.781. The minimum Gasteiger partial charge on any atom is -0.481 e. The highest BCUT2D eigenvalue weighted by Gasteiger charge is 2.60. The lowest BCUT2D eigenvalue weighted by Crippen LogP contribution is -2.53. The number of rotatable bonds is 5. The summed E-state index contributed by atoms with van der Waals surface area (Å²) < 4.78 is 0. The number of carbonyl (C=O) groups excluding carboxylic acids is 1. The Morgan fingerprint density at radius 2 is 1.79 bits per heavy atom. The summed E-state index contributed by atoms with van der Waals surface area (Å²) in [6.45, 7) is 9.44. The van der Waals surface area contributed by atoms with Gasteiger partial charge in [0.25, 0.3) is 0 Å². The summed E-state index contributed by atoms with van der Waals surface area (Å²) in [5.74, 6) is 3.98. The number of hydrogen-bond acceptors (Lipinski definition) is 2. The highest BCUT2D eigenvalue weighted by atomic mass is 16.4. The van der Waals surface area contributed by atoms with Gasteiger partial charge in [-0.05, 0) is 104 Å². The highest BCUT2D eigenvalue weighted by Crippen LogP contribution is 2.68. The molecular formula is C26H42O3. The number of carboxylic acid groups (broad SMARTS) is 1. The highest BCUT2D eigenvalue weighted by molar-refractivity contribution is 5.79. The van der Waals surface area contributed by atoms with E-state index in [4.69, 9.17) is 0 Å². The van der Waals surface area contributed by atoms with Gasteiger partial charge in [0.1, 0.15) is 5.78 Å². The largest absolute Gasteiger partial charge is 0.481 e. The predicted octanol–water partition coefficient (Wildman–Crippen LogP) is 6.35. The van der Waals surface area contributed by atoms with Crippen LogP contribution in [0.5, 0.6) is 0 Å². The zero-order chi connectivity index (χ0) is 21.0. The number of hydrogen-bond donors (Lipinski definition) is 1. The molecule has 9 atom stereocenters. The second-order valence-electron chi connectivity index (χ2n) is 11.8. The van der Waals surface area contributed by atoms with Crippen LogP contribution in [0, 0.1) is 52.3 Å². The normalized spacial score (nSPS) is 46.3. The average Bonchev–Trinajstić information content (AvgIpc) is 3.03. The monoisotopic (exact) mass is 402 g/mol.